The van der Waals surface area contributed by atoms with Crippen LogP contribution in [0.25, 0.3) is 11.3 Å². The molecule has 0 unspecified atom stereocenters. The summed E-state index contributed by atoms with van der Waals surface area (Å²) in [6, 6.07) is 13.5. The van der Waals surface area contributed by atoms with E-state index in [4.69, 9.17) is 4.74 Å². The highest BCUT2D eigenvalue weighted by molar-refractivity contribution is 7.09. The zero-order valence-corrected chi connectivity index (χ0v) is 14.9. The SMILES string of the molecule is CCCCOc1ccc(-c2cc(C(=O)NCc3cccs3)[nH]n2)cc1. The molecule has 0 spiro atoms. The third kappa shape index (κ3) is 4.70. The van der Waals surface area contributed by atoms with Crippen molar-refractivity contribution in [3.8, 4) is 17.0 Å². The van der Waals surface area contributed by atoms with Crippen LogP contribution in [0, 0.1) is 0 Å². The minimum atomic E-state index is -0.160. The molecule has 0 saturated carbocycles. The van der Waals surface area contributed by atoms with Crippen molar-refractivity contribution in [1.82, 2.24) is 15.5 Å². The molecule has 0 radical (unpaired) electrons. The standard InChI is InChI=1S/C19H21N3O2S/c1-2-3-10-24-15-8-6-14(7-9-15)17-12-18(22-21-17)19(23)20-13-16-5-4-11-25-16/h4-9,11-12H,2-3,10,13H2,1H3,(H,20,23)(H,21,22). The summed E-state index contributed by atoms with van der Waals surface area (Å²) < 4.78 is 5.66. The van der Waals surface area contributed by atoms with Crippen LogP contribution in [-0.2, 0) is 6.54 Å². The fourth-order valence-corrected chi connectivity index (χ4v) is 2.96. The van der Waals surface area contributed by atoms with Gasteiger partial charge in [0.15, 0.2) is 0 Å². The molecule has 3 rings (SSSR count). The second-order valence-corrected chi connectivity index (χ2v) is 6.69. The number of nitrogens with one attached hydrogen (secondary N) is 2. The lowest BCUT2D eigenvalue weighted by Gasteiger charge is -2.05. The average Bonchev–Trinajstić information content (AvgIpc) is 3.32. The molecule has 3 aromatic rings. The highest BCUT2D eigenvalue weighted by Gasteiger charge is 2.11. The van der Waals surface area contributed by atoms with Gasteiger partial charge in [-0.2, -0.15) is 5.10 Å². The minimum absolute atomic E-state index is 0.160. The fourth-order valence-electron chi connectivity index (χ4n) is 2.32. The van der Waals surface area contributed by atoms with Gasteiger partial charge in [0.1, 0.15) is 11.4 Å². The van der Waals surface area contributed by atoms with Gasteiger partial charge in [-0.3, -0.25) is 9.89 Å². The third-order valence-corrected chi connectivity index (χ3v) is 4.62. The lowest BCUT2D eigenvalue weighted by Crippen LogP contribution is -2.22. The van der Waals surface area contributed by atoms with Gasteiger partial charge < -0.3 is 10.1 Å². The molecule has 0 saturated heterocycles. The van der Waals surface area contributed by atoms with Gasteiger partial charge in [0, 0.05) is 10.4 Å². The van der Waals surface area contributed by atoms with Crippen LogP contribution in [0.4, 0.5) is 0 Å². The van der Waals surface area contributed by atoms with Crippen molar-refractivity contribution < 1.29 is 9.53 Å². The van der Waals surface area contributed by atoms with Gasteiger partial charge in [-0.05, 0) is 48.2 Å². The van der Waals surface area contributed by atoms with E-state index in [-0.39, 0.29) is 5.91 Å². The van der Waals surface area contributed by atoms with Crippen LogP contribution in [0.15, 0.2) is 47.8 Å². The first-order valence-electron chi connectivity index (χ1n) is 8.35. The maximum absolute atomic E-state index is 12.2. The number of rotatable bonds is 8. The second kappa shape index (κ2) is 8.48. The lowest BCUT2D eigenvalue weighted by molar-refractivity contribution is 0.0946. The zero-order valence-electron chi connectivity index (χ0n) is 14.1. The number of carbonyl (C=O) groups is 1. The van der Waals surface area contributed by atoms with E-state index >= 15 is 0 Å². The van der Waals surface area contributed by atoms with Gasteiger partial charge in [0.25, 0.3) is 5.91 Å². The number of amides is 1. The van der Waals surface area contributed by atoms with Crippen LogP contribution in [0.2, 0.25) is 0 Å². The van der Waals surface area contributed by atoms with Gasteiger partial charge in [-0.25, -0.2) is 0 Å². The van der Waals surface area contributed by atoms with Gasteiger partial charge in [0.2, 0.25) is 0 Å². The fraction of sp³-hybridized carbons (Fsp3) is 0.263. The average molecular weight is 355 g/mol. The van der Waals surface area contributed by atoms with Crippen LogP contribution in [0.5, 0.6) is 5.75 Å². The molecule has 25 heavy (non-hydrogen) atoms. The molecule has 0 aliphatic rings. The van der Waals surface area contributed by atoms with E-state index in [1.165, 1.54) is 0 Å². The molecule has 1 aromatic carbocycles. The highest BCUT2D eigenvalue weighted by atomic mass is 32.1. The first-order valence-corrected chi connectivity index (χ1v) is 9.23. The number of hydrogen-bond acceptors (Lipinski definition) is 4. The number of aromatic amines is 1. The molecule has 0 bridgehead atoms. The van der Waals surface area contributed by atoms with Crippen LogP contribution in [0.3, 0.4) is 0 Å². The summed E-state index contributed by atoms with van der Waals surface area (Å²) in [4.78, 5) is 13.3. The summed E-state index contributed by atoms with van der Waals surface area (Å²) in [6.07, 6.45) is 2.16. The maximum Gasteiger partial charge on any atom is 0.269 e. The Kier molecular flexibility index (Phi) is 5.85. The summed E-state index contributed by atoms with van der Waals surface area (Å²) in [5.74, 6) is 0.688. The topological polar surface area (TPSA) is 67.0 Å². The Morgan fingerprint density at radius 1 is 1.28 bits per heavy atom. The smallest absolute Gasteiger partial charge is 0.269 e. The van der Waals surface area contributed by atoms with Crippen LogP contribution >= 0.6 is 11.3 Å². The Balaban J connectivity index is 1.59. The summed E-state index contributed by atoms with van der Waals surface area (Å²) in [5, 5.41) is 11.9. The van der Waals surface area contributed by atoms with E-state index < -0.39 is 0 Å². The van der Waals surface area contributed by atoms with Crippen molar-refractivity contribution in [3.63, 3.8) is 0 Å². The normalized spacial score (nSPS) is 10.6. The molecule has 130 valence electrons. The largest absolute Gasteiger partial charge is 0.494 e. The third-order valence-electron chi connectivity index (χ3n) is 3.74. The molecule has 2 heterocycles. The van der Waals surface area contributed by atoms with Gasteiger partial charge in [0.05, 0.1) is 18.8 Å². The quantitative estimate of drug-likeness (QED) is 0.594. The highest BCUT2D eigenvalue weighted by Crippen LogP contribution is 2.21. The van der Waals surface area contributed by atoms with E-state index in [1.807, 2.05) is 41.8 Å². The summed E-state index contributed by atoms with van der Waals surface area (Å²) in [7, 11) is 0. The number of carbonyl (C=O) groups excluding carboxylic acids is 1. The molecule has 0 aliphatic heterocycles. The first kappa shape index (κ1) is 17.2. The van der Waals surface area contributed by atoms with Gasteiger partial charge >= 0.3 is 0 Å². The van der Waals surface area contributed by atoms with Crippen LogP contribution in [-0.4, -0.2) is 22.7 Å². The van der Waals surface area contributed by atoms with E-state index in [2.05, 4.69) is 22.4 Å². The number of H-pyrrole nitrogens is 1. The molecule has 0 fully saturated rings. The summed E-state index contributed by atoms with van der Waals surface area (Å²) in [6.45, 7) is 3.39. The van der Waals surface area contributed by atoms with E-state index in [0.717, 1.165) is 41.3 Å². The van der Waals surface area contributed by atoms with Crippen molar-refractivity contribution in [2.45, 2.75) is 26.3 Å². The number of ether oxygens (including phenoxy) is 1. The number of aromatic nitrogens is 2. The van der Waals surface area contributed by atoms with E-state index in [0.29, 0.717) is 12.2 Å². The first-order chi connectivity index (χ1) is 12.3. The summed E-state index contributed by atoms with van der Waals surface area (Å²) >= 11 is 1.62. The number of benzene rings is 1. The number of hydrogen-bond donors (Lipinski definition) is 2. The van der Waals surface area contributed by atoms with Gasteiger partial charge in [-0.1, -0.05) is 19.4 Å². The molecule has 2 aromatic heterocycles. The molecule has 1 amide bonds. The Morgan fingerprint density at radius 3 is 2.84 bits per heavy atom. The van der Waals surface area contributed by atoms with Crippen molar-refractivity contribution >= 4 is 17.2 Å². The molecule has 0 atom stereocenters. The molecule has 0 aliphatic carbocycles. The van der Waals surface area contributed by atoms with Crippen LogP contribution < -0.4 is 10.1 Å². The number of nitrogens with zero attached hydrogens (tertiary/aromatic N) is 1. The minimum Gasteiger partial charge on any atom is -0.494 e. The van der Waals surface area contributed by atoms with E-state index in [9.17, 15) is 4.79 Å². The zero-order chi connectivity index (χ0) is 17.5. The lowest BCUT2D eigenvalue weighted by atomic mass is 10.1. The second-order valence-electron chi connectivity index (χ2n) is 5.66. The van der Waals surface area contributed by atoms with Crippen molar-refractivity contribution in [2.24, 2.45) is 0 Å². The summed E-state index contributed by atoms with van der Waals surface area (Å²) in [5.41, 5.74) is 2.13. The maximum atomic E-state index is 12.2. The van der Waals surface area contributed by atoms with Gasteiger partial charge in [-0.15, -0.1) is 11.3 Å². The Hall–Kier alpha value is -2.60. The van der Waals surface area contributed by atoms with Crippen molar-refractivity contribution in [1.29, 1.82) is 0 Å². The van der Waals surface area contributed by atoms with Crippen molar-refractivity contribution in [2.75, 3.05) is 6.61 Å². The Bertz CT molecular complexity index is 794. The molecular formula is C19H21N3O2S. The monoisotopic (exact) mass is 355 g/mol. The predicted molar refractivity (Wildman–Crippen MR) is 99.9 cm³/mol. The number of unbranched alkanes of at least 4 members (excludes halogenated alkanes) is 1. The molecule has 2 N–H and O–H groups in total. The molecule has 5 nitrogen and oxygen atoms in total. The van der Waals surface area contributed by atoms with Crippen LogP contribution in [0.1, 0.15) is 35.1 Å². The molecular weight excluding hydrogens is 334 g/mol. The Morgan fingerprint density at radius 2 is 2.12 bits per heavy atom. The number of thiophene rings is 1. The van der Waals surface area contributed by atoms with Crippen molar-refractivity contribution in [3.05, 3.63) is 58.4 Å². The van der Waals surface area contributed by atoms with E-state index in [1.54, 1.807) is 17.4 Å². The Labute approximate surface area is 151 Å². The molecule has 6 heteroatoms. The predicted octanol–water partition coefficient (Wildman–Crippen LogP) is 4.25.